The van der Waals surface area contributed by atoms with Crippen molar-refractivity contribution in [2.24, 2.45) is 5.73 Å². The molecule has 0 radical (unpaired) electrons. The fourth-order valence-electron chi connectivity index (χ4n) is 0.658. The van der Waals surface area contributed by atoms with Crippen molar-refractivity contribution in [2.45, 2.75) is 24.4 Å². The monoisotopic (exact) mass is 179 g/mol. The minimum absolute atomic E-state index is 0.106. The van der Waals surface area contributed by atoms with Gasteiger partial charge in [0.15, 0.2) is 6.29 Å². The minimum Gasteiger partial charge on any atom is -0.394 e. The molecule has 6 heteroatoms. The molecule has 0 heterocycles. The first-order valence-corrected chi connectivity index (χ1v) is 3.40. The van der Waals surface area contributed by atoms with Crippen molar-refractivity contribution in [3.63, 3.8) is 0 Å². The second-order valence-corrected chi connectivity index (χ2v) is 2.44. The topological polar surface area (TPSA) is 124 Å². The molecule has 4 atom stereocenters. The maximum atomic E-state index is 9.95. The van der Waals surface area contributed by atoms with Crippen molar-refractivity contribution in [1.82, 2.24) is 0 Å². The summed E-state index contributed by atoms with van der Waals surface area (Å²) in [6.07, 6.45) is -4.45. The molecule has 0 aromatic carbocycles. The number of carbonyl (C=O) groups is 1. The largest absolute Gasteiger partial charge is 0.394 e. The molecule has 6 N–H and O–H groups in total. The molecule has 72 valence electrons. The highest BCUT2D eigenvalue weighted by Gasteiger charge is 2.27. The van der Waals surface area contributed by atoms with Crippen molar-refractivity contribution >= 4 is 6.29 Å². The van der Waals surface area contributed by atoms with Crippen LogP contribution in [0.5, 0.6) is 0 Å². The van der Waals surface area contributed by atoms with Crippen molar-refractivity contribution in [2.75, 3.05) is 6.61 Å². The van der Waals surface area contributed by atoms with E-state index in [9.17, 15) is 4.79 Å². The SMILES string of the molecule is N[C@H]([C@H](O)[C@@H](O)C=O)[C@H](O)CO. The van der Waals surface area contributed by atoms with Crippen LogP contribution in [0.3, 0.4) is 0 Å². The maximum absolute atomic E-state index is 9.95. The van der Waals surface area contributed by atoms with Crippen molar-refractivity contribution in [3.8, 4) is 0 Å². The number of aliphatic hydroxyl groups is 4. The van der Waals surface area contributed by atoms with Gasteiger partial charge in [-0.3, -0.25) is 0 Å². The fourth-order valence-corrected chi connectivity index (χ4v) is 0.658. The Kier molecular flexibility index (Phi) is 4.95. The summed E-state index contributed by atoms with van der Waals surface area (Å²) in [6.45, 7) is -0.635. The highest BCUT2D eigenvalue weighted by molar-refractivity contribution is 5.56. The van der Waals surface area contributed by atoms with Gasteiger partial charge in [0.05, 0.1) is 18.8 Å². The molecule has 0 unspecified atom stereocenters. The van der Waals surface area contributed by atoms with Crippen LogP contribution in [0.1, 0.15) is 0 Å². The number of carbonyl (C=O) groups excluding carboxylic acids is 1. The third-order valence-corrected chi connectivity index (χ3v) is 1.52. The van der Waals surface area contributed by atoms with Crippen LogP contribution in [-0.4, -0.2) is 57.7 Å². The van der Waals surface area contributed by atoms with E-state index in [0.717, 1.165) is 0 Å². The number of rotatable bonds is 5. The lowest BCUT2D eigenvalue weighted by molar-refractivity contribution is -0.122. The Morgan fingerprint density at radius 1 is 1.33 bits per heavy atom. The quantitative estimate of drug-likeness (QED) is 0.280. The van der Waals surface area contributed by atoms with Crippen LogP contribution >= 0.6 is 0 Å². The van der Waals surface area contributed by atoms with Crippen LogP contribution in [-0.2, 0) is 4.79 Å². The second kappa shape index (κ2) is 5.18. The normalized spacial score (nSPS) is 21.1. The van der Waals surface area contributed by atoms with Gasteiger partial charge in [0.25, 0.3) is 0 Å². The number of hydrogen-bond acceptors (Lipinski definition) is 6. The average molecular weight is 179 g/mol. The second-order valence-electron chi connectivity index (χ2n) is 2.44. The van der Waals surface area contributed by atoms with Gasteiger partial charge in [-0.15, -0.1) is 0 Å². The lowest BCUT2D eigenvalue weighted by atomic mass is 10.0. The molecule has 0 bridgehead atoms. The van der Waals surface area contributed by atoms with Crippen LogP contribution in [0.15, 0.2) is 0 Å². The molecule has 0 fully saturated rings. The lowest BCUT2D eigenvalue weighted by Crippen LogP contribution is -2.51. The first-order chi connectivity index (χ1) is 5.54. The zero-order valence-electron chi connectivity index (χ0n) is 6.37. The predicted octanol–water partition coefficient (Wildman–Crippen LogP) is -3.41. The van der Waals surface area contributed by atoms with Crippen molar-refractivity contribution < 1.29 is 25.2 Å². The van der Waals surface area contributed by atoms with Gasteiger partial charge in [-0.2, -0.15) is 0 Å². The molecule has 0 aliphatic rings. The Hall–Kier alpha value is -0.530. The summed E-state index contributed by atoms with van der Waals surface area (Å²) >= 11 is 0. The van der Waals surface area contributed by atoms with Crippen LogP contribution in [0.4, 0.5) is 0 Å². The number of aldehydes is 1. The third-order valence-electron chi connectivity index (χ3n) is 1.52. The molecular weight excluding hydrogens is 166 g/mol. The first-order valence-electron chi connectivity index (χ1n) is 3.40. The van der Waals surface area contributed by atoms with E-state index >= 15 is 0 Å². The zero-order chi connectivity index (χ0) is 9.72. The van der Waals surface area contributed by atoms with Gasteiger partial charge >= 0.3 is 0 Å². The zero-order valence-corrected chi connectivity index (χ0v) is 6.37. The van der Waals surface area contributed by atoms with E-state index in [2.05, 4.69) is 0 Å². The Bertz CT molecular complexity index is 142. The molecule has 0 aromatic heterocycles. The van der Waals surface area contributed by atoms with E-state index in [1.54, 1.807) is 0 Å². The van der Waals surface area contributed by atoms with Crippen LogP contribution in [0.25, 0.3) is 0 Å². The molecule has 0 rings (SSSR count). The van der Waals surface area contributed by atoms with Gasteiger partial charge in [0.1, 0.15) is 12.2 Å². The minimum atomic E-state index is -1.64. The first kappa shape index (κ1) is 11.5. The van der Waals surface area contributed by atoms with E-state index in [0.29, 0.717) is 0 Å². The van der Waals surface area contributed by atoms with Gasteiger partial charge < -0.3 is 31.0 Å². The smallest absolute Gasteiger partial charge is 0.151 e. The van der Waals surface area contributed by atoms with E-state index in [-0.39, 0.29) is 6.29 Å². The van der Waals surface area contributed by atoms with Crippen LogP contribution in [0, 0.1) is 0 Å². The van der Waals surface area contributed by atoms with Gasteiger partial charge in [-0.25, -0.2) is 0 Å². The predicted molar refractivity (Wildman–Crippen MR) is 39.1 cm³/mol. The summed E-state index contributed by atoms with van der Waals surface area (Å²) in [7, 11) is 0. The molecule has 0 saturated carbocycles. The van der Waals surface area contributed by atoms with Crippen molar-refractivity contribution in [3.05, 3.63) is 0 Å². The van der Waals surface area contributed by atoms with Crippen LogP contribution in [0.2, 0.25) is 0 Å². The van der Waals surface area contributed by atoms with E-state index < -0.39 is 31.0 Å². The summed E-state index contributed by atoms with van der Waals surface area (Å²) in [4.78, 5) is 9.95. The highest BCUT2D eigenvalue weighted by Crippen LogP contribution is 2.00. The molecule has 0 aliphatic carbocycles. The van der Waals surface area contributed by atoms with Gasteiger partial charge in [0, 0.05) is 0 Å². The maximum Gasteiger partial charge on any atom is 0.151 e. The van der Waals surface area contributed by atoms with Gasteiger partial charge in [0.2, 0.25) is 0 Å². The number of nitrogens with two attached hydrogens (primary N) is 1. The molecule has 0 aliphatic heterocycles. The summed E-state index contributed by atoms with van der Waals surface area (Å²) in [5, 5.41) is 35.0. The Morgan fingerprint density at radius 3 is 2.17 bits per heavy atom. The molecule has 12 heavy (non-hydrogen) atoms. The molecule has 0 saturated heterocycles. The molecule has 0 spiro atoms. The number of aliphatic hydroxyl groups excluding tert-OH is 4. The molecule has 0 amide bonds. The van der Waals surface area contributed by atoms with Crippen LogP contribution < -0.4 is 5.73 Å². The van der Waals surface area contributed by atoms with E-state index in [4.69, 9.17) is 26.2 Å². The number of hydrogen-bond donors (Lipinski definition) is 5. The van der Waals surface area contributed by atoms with E-state index in [1.807, 2.05) is 0 Å². The summed E-state index contributed by atoms with van der Waals surface area (Å²) < 4.78 is 0. The summed E-state index contributed by atoms with van der Waals surface area (Å²) in [5.74, 6) is 0. The summed E-state index contributed by atoms with van der Waals surface area (Å²) in [6, 6.07) is -1.24. The van der Waals surface area contributed by atoms with E-state index in [1.165, 1.54) is 0 Å². The van der Waals surface area contributed by atoms with Gasteiger partial charge in [-0.05, 0) is 0 Å². The molecular formula is C6H13NO5. The Morgan fingerprint density at radius 2 is 1.83 bits per heavy atom. The average Bonchev–Trinajstić information content (AvgIpc) is 2.12. The Balaban J connectivity index is 4.07. The molecule has 6 nitrogen and oxygen atoms in total. The third kappa shape index (κ3) is 2.84. The standard InChI is InChI=1S/C6H13NO5/c7-5(3(10)1-8)6(12)4(11)2-9/h2-6,8,10-12H,1,7H2/t3-,4+,5+,6-/m1/s1. The van der Waals surface area contributed by atoms with Gasteiger partial charge in [-0.1, -0.05) is 0 Å². The summed E-state index contributed by atoms with van der Waals surface area (Å²) in [5.41, 5.74) is 5.17. The molecule has 0 aromatic rings. The van der Waals surface area contributed by atoms with Crippen molar-refractivity contribution in [1.29, 1.82) is 0 Å². The fraction of sp³-hybridized carbons (Fsp3) is 0.833. The Labute approximate surface area is 69.2 Å². The lowest BCUT2D eigenvalue weighted by Gasteiger charge is -2.23. The highest BCUT2D eigenvalue weighted by atomic mass is 16.3.